The number of carboxylic acid groups (broad SMARTS) is 1. The normalized spacial score (nSPS) is 13.4. The first-order chi connectivity index (χ1) is 8.40. The molecule has 102 valence electrons. The first-order valence-electron chi connectivity index (χ1n) is 6.21. The van der Waals surface area contributed by atoms with Crippen molar-refractivity contribution in [2.75, 3.05) is 6.61 Å². The van der Waals surface area contributed by atoms with E-state index in [4.69, 9.17) is 4.74 Å². The van der Waals surface area contributed by atoms with Crippen LogP contribution >= 0.6 is 0 Å². The highest BCUT2D eigenvalue weighted by Gasteiger charge is 2.47. The second-order valence-electron chi connectivity index (χ2n) is 4.63. The third-order valence-electron chi connectivity index (χ3n) is 2.69. The Morgan fingerprint density at radius 3 is 2.39 bits per heavy atom. The molecule has 0 saturated heterocycles. The van der Waals surface area contributed by atoms with Gasteiger partial charge in [0.1, 0.15) is 0 Å². The molecular formula is C14H22O4. The molecule has 0 spiro atoms. The zero-order chi connectivity index (χ0) is 14.2. The number of hydrogen-bond donors (Lipinski definition) is 1. The Bertz CT molecular complexity index is 349. The van der Waals surface area contributed by atoms with Gasteiger partial charge >= 0.3 is 11.9 Å². The summed E-state index contributed by atoms with van der Waals surface area (Å²) in [4.78, 5) is 23.5. The average molecular weight is 254 g/mol. The Morgan fingerprint density at radius 1 is 1.39 bits per heavy atom. The van der Waals surface area contributed by atoms with Gasteiger partial charge in [-0.1, -0.05) is 13.8 Å². The van der Waals surface area contributed by atoms with Crippen LogP contribution in [-0.2, 0) is 14.3 Å². The largest absolute Gasteiger partial charge is 0.480 e. The summed E-state index contributed by atoms with van der Waals surface area (Å²) in [6.45, 7) is 7.33. The van der Waals surface area contributed by atoms with E-state index in [-0.39, 0.29) is 25.4 Å². The van der Waals surface area contributed by atoms with Crippen LogP contribution in [0.3, 0.4) is 0 Å². The summed E-state index contributed by atoms with van der Waals surface area (Å²) < 4.78 is 4.93. The minimum Gasteiger partial charge on any atom is -0.480 e. The maximum Gasteiger partial charge on any atom is 0.323 e. The minimum absolute atomic E-state index is 0.0973. The highest BCUT2D eigenvalue weighted by Crippen LogP contribution is 2.34. The van der Waals surface area contributed by atoms with Gasteiger partial charge in [-0.05, 0) is 32.6 Å². The Labute approximate surface area is 109 Å². The Kier molecular flexibility index (Phi) is 7.11. The molecule has 18 heavy (non-hydrogen) atoms. The molecular weight excluding hydrogens is 232 g/mol. The van der Waals surface area contributed by atoms with Crippen molar-refractivity contribution < 1.29 is 19.4 Å². The van der Waals surface area contributed by atoms with Gasteiger partial charge in [0, 0.05) is 6.42 Å². The van der Waals surface area contributed by atoms with Gasteiger partial charge in [0.25, 0.3) is 0 Å². The summed E-state index contributed by atoms with van der Waals surface area (Å²) in [5.41, 5.74) is -1.46. The minimum atomic E-state index is -1.46. The molecule has 4 heteroatoms. The summed E-state index contributed by atoms with van der Waals surface area (Å²) in [5.74, 6) is 3.85. The van der Waals surface area contributed by atoms with Gasteiger partial charge in [0.15, 0.2) is 5.41 Å². The van der Waals surface area contributed by atoms with Crippen molar-refractivity contribution >= 4 is 11.9 Å². The topological polar surface area (TPSA) is 63.6 Å². The van der Waals surface area contributed by atoms with Crippen LogP contribution in [0.4, 0.5) is 0 Å². The molecule has 1 unspecified atom stereocenters. The van der Waals surface area contributed by atoms with E-state index >= 15 is 0 Å². The summed E-state index contributed by atoms with van der Waals surface area (Å²) in [6.07, 6.45) is 0.848. The van der Waals surface area contributed by atoms with Gasteiger partial charge in [-0.2, -0.15) is 0 Å². The predicted octanol–water partition coefficient (Wildman–Crippen LogP) is 2.47. The average Bonchev–Trinajstić information content (AvgIpc) is 2.27. The molecule has 4 nitrogen and oxygen atoms in total. The standard InChI is InChI=1S/C14H22O4/c1-5-7-8-9-14(12(15)16,10-11(3)4)13(17)18-6-2/h11H,6,8-10H2,1-4H3,(H,15,16). The third kappa shape index (κ3) is 4.40. The number of carboxylic acids is 1. The molecule has 0 saturated carbocycles. The molecule has 0 fully saturated rings. The molecule has 0 aromatic rings. The number of rotatable bonds is 7. The molecule has 0 amide bonds. The molecule has 0 rings (SSSR count). The fourth-order valence-corrected chi connectivity index (χ4v) is 1.94. The number of ether oxygens (including phenoxy) is 1. The predicted molar refractivity (Wildman–Crippen MR) is 68.8 cm³/mol. The van der Waals surface area contributed by atoms with E-state index < -0.39 is 17.4 Å². The van der Waals surface area contributed by atoms with E-state index in [9.17, 15) is 14.7 Å². The van der Waals surface area contributed by atoms with Crippen LogP contribution in [0.1, 0.15) is 47.0 Å². The van der Waals surface area contributed by atoms with Crippen LogP contribution in [-0.4, -0.2) is 23.7 Å². The second-order valence-corrected chi connectivity index (χ2v) is 4.63. The molecule has 1 N–H and O–H groups in total. The molecule has 0 aliphatic heterocycles. The maximum atomic E-state index is 12.0. The Balaban J connectivity index is 5.18. The first kappa shape index (κ1) is 16.5. The lowest BCUT2D eigenvalue weighted by Crippen LogP contribution is -2.42. The Hall–Kier alpha value is -1.50. The van der Waals surface area contributed by atoms with E-state index in [0.717, 1.165) is 0 Å². The van der Waals surface area contributed by atoms with Gasteiger partial charge in [-0.25, -0.2) is 0 Å². The monoisotopic (exact) mass is 254 g/mol. The van der Waals surface area contributed by atoms with Crippen LogP contribution in [0.15, 0.2) is 0 Å². The van der Waals surface area contributed by atoms with Gasteiger partial charge < -0.3 is 9.84 Å². The first-order valence-corrected chi connectivity index (χ1v) is 6.21. The van der Waals surface area contributed by atoms with Gasteiger partial charge in [0.2, 0.25) is 0 Å². The summed E-state index contributed by atoms with van der Waals surface area (Å²) in [5, 5.41) is 9.42. The van der Waals surface area contributed by atoms with Gasteiger partial charge in [-0.3, -0.25) is 9.59 Å². The molecule has 0 aromatic heterocycles. The lowest BCUT2D eigenvalue weighted by Gasteiger charge is -2.28. The number of aliphatic carboxylic acids is 1. The van der Waals surface area contributed by atoms with Crippen molar-refractivity contribution in [3.05, 3.63) is 0 Å². The van der Waals surface area contributed by atoms with Crippen LogP contribution in [0.2, 0.25) is 0 Å². The van der Waals surface area contributed by atoms with Crippen molar-refractivity contribution in [3.8, 4) is 11.8 Å². The van der Waals surface area contributed by atoms with E-state index in [1.165, 1.54) is 0 Å². The van der Waals surface area contributed by atoms with Gasteiger partial charge in [-0.15, -0.1) is 11.8 Å². The fraction of sp³-hybridized carbons (Fsp3) is 0.714. The third-order valence-corrected chi connectivity index (χ3v) is 2.69. The van der Waals surface area contributed by atoms with Crippen LogP contribution in [0.25, 0.3) is 0 Å². The quantitative estimate of drug-likeness (QED) is 0.430. The summed E-state index contributed by atoms with van der Waals surface area (Å²) >= 11 is 0. The zero-order valence-corrected chi connectivity index (χ0v) is 11.6. The zero-order valence-electron chi connectivity index (χ0n) is 11.6. The number of carbonyl (C=O) groups excluding carboxylic acids is 1. The van der Waals surface area contributed by atoms with Crippen LogP contribution in [0, 0.1) is 23.2 Å². The molecule has 1 atom stereocenters. The maximum absolute atomic E-state index is 12.0. The highest BCUT2D eigenvalue weighted by atomic mass is 16.5. The smallest absolute Gasteiger partial charge is 0.323 e. The van der Waals surface area contributed by atoms with Crippen molar-refractivity contribution in [2.45, 2.75) is 47.0 Å². The number of carbonyl (C=O) groups is 2. The van der Waals surface area contributed by atoms with E-state index in [2.05, 4.69) is 11.8 Å². The number of hydrogen-bond acceptors (Lipinski definition) is 3. The fourth-order valence-electron chi connectivity index (χ4n) is 1.94. The van der Waals surface area contributed by atoms with Crippen molar-refractivity contribution in [2.24, 2.45) is 11.3 Å². The van der Waals surface area contributed by atoms with Crippen molar-refractivity contribution in [1.82, 2.24) is 0 Å². The van der Waals surface area contributed by atoms with Crippen molar-refractivity contribution in [1.29, 1.82) is 0 Å². The lowest BCUT2D eigenvalue weighted by molar-refractivity contribution is -0.170. The molecule has 0 aliphatic rings. The van der Waals surface area contributed by atoms with E-state index in [1.54, 1.807) is 13.8 Å². The van der Waals surface area contributed by atoms with Crippen LogP contribution < -0.4 is 0 Å². The van der Waals surface area contributed by atoms with E-state index in [0.29, 0.717) is 6.42 Å². The van der Waals surface area contributed by atoms with E-state index in [1.807, 2.05) is 13.8 Å². The second kappa shape index (κ2) is 7.75. The highest BCUT2D eigenvalue weighted by molar-refractivity contribution is 5.99. The van der Waals surface area contributed by atoms with Crippen LogP contribution in [0.5, 0.6) is 0 Å². The molecule has 0 aliphatic carbocycles. The lowest BCUT2D eigenvalue weighted by atomic mass is 9.76. The molecule has 0 radical (unpaired) electrons. The van der Waals surface area contributed by atoms with Gasteiger partial charge in [0.05, 0.1) is 6.61 Å². The van der Waals surface area contributed by atoms with Crippen molar-refractivity contribution in [3.63, 3.8) is 0 Å². The Morgan fingerprint density at radius 2 is 2.00 bits per heavy atom. The number of esters is 1. The SMILES string of the molecule is CC#CCCC(CC(C)C)(C(=O)O)C(=O)OCC. The summed E-state index contributed by atoms with van der Waals surface area (Å²) in [7, 11) is 0. The molecule has 0 heterocycles. The summed E-state index contributed by atoms with van der Waals surface area (Å²) in [6, 6.07) is 0. The molecule has 0 aromatic carbocycles. The molecule has 0 bridgehead atoms.